The van der Waals surface area contributed by atoms with Crippen molar-refractivity contribution < 1.29 is 9.90 Å². The molecule has 0 fully saturated rings. The molecule has 2 aromatic carbocycles. The summed E-state index contributed by atoms with van der Waals surface area (Å²) in [6, 6.07) is 14.4. The van der Waals surface area contributed by atoms with Crippen molar-refractivity contribution in [2.24, 2.45) is 0 Å². The van der Waals surface area contributed by atoms with E-state index in [0.29, 0.717) is 17.8 Å². The second-order valence-electron chi connectivity index (χ2n) is 4.24. The van der Waals surface area contributed by atoms with Crippen molar-refractivity contribution in [1.29, 1.82) is 0 Å². The average molecular weight is 256 g/mol. The molecule has 0 spiro atoms. The van der Waals surface area contributed by atoms with Crippen LogP contribution in [-0.4, -0.2) is 11.0 Å². The van der Waals surface area contributed by atoms with E-state index in [9.17, 15) is 4.79 Å². The number of carbonyl (C=O) groups excluding carboxylic acids is 1. The van der Waals surface area contributed by atoms with Crippen LogP contribution in [0.1, 0.15) is 21.5 Å². The number of nitrogens with two attached hydrogens (primary N) is 1. The number of nitrogens with one attached hydrogen (secondary N) is 1. The molecule has 1 amide bonds. The number of amides is 1. The van der Waals surface area contributed by atoms with Gasteiger partial charge in [0.05, 0.1) is 12.2 Å². The van der Waals surface area contributed by atoms with E-state index in [1.165, 1.54) is 0 Å². The number of anilines is 1. The maximum atomic E-state index is 11.9. The van der Waals surface area contributed by atoms with Gasteiger partial charge in [-0.25, -0.2) is 0 Å². The third-order valence-electron chi connectivity index (χ3n) is 2.86. The summed E-state index contributed by atoms with van der Waals surface area (Å²) in [5, 5.41) is 11.8. The third kappa shape index (κ3) is 3.33. The Morgan fingerprint density at radius 2 is 1.68 bits per heavy atom. The van der Waals surface area contributed by atoms with Crippen LogP contribution >= 0.6 is 0 Å². The maximum absolute atomic E-state index is 11.9. The van der Waals surface area contributed by atoms with Gasteiger partial charge < -0.3 is 16.2 Å². The fraction of sp³-hybridized carbons (Fsp3) is 0.133. The molecule has 0 saturated heterocycles. The normalized spacial score (nSPS) is 10.2. The van der Waals surface area contributed by atoms with E-state index in [0.717, 1.165) is 11.1 Å². The second-order valence-corrected chi connectivity index (χ2v) is 4.24. The summed E-state index contributed by atoms with van der Waals surface area (Å²) < 4.78 is 0. The highest BCUT2D eigenvalue weighted by molar-refractivity contribution is 5.98. The molecule has 0 saturated carbocycles. The van der Waals surface area contributed by atoms with Crippen LogP contribution in [0.4, 0.5) is 5.69 Å². The largest absolute Gasteiger partial charge is 0.398 e. The fourth-order valence-electron chi connectivity index (χ4n) is 1.74. The number of hydrogen-bond donors (Lipinski definition) is 3. The van der Waals surface area contributed by atoms with Gasteiger partial charge in [0, 0.05) is 12.2 Å². The fourth-order valence-corrected chi connectivity index (χ4v) is 1.74. The van der Waals surface area contributed by atoms with Crippen LogP contribution in [0, 0.1) is 0 Å². The highest BCUT2D eigenvalue weighted by Crippen LogP contribution is 2.10. The molecular weight excluding hydrogens is 240 g/mol. The first-order valence-electron chi connectivity index (χ1n) is 6.02. The molecule has 0 radical (unpaired) electrons. The number of hydrogen-bond acceptors (Lipinski definition) is 3. The topological polar surface area (TPSA) is 75.4 Å². The molecule has 4 N–H and O–H groups in total. The Hall–Kier alpha value is -2.33. The van der Waals surface area contributed by atoms with Gasteiger partial charge in [-0.05, 0) is 23.3 Å². The van der Waals surface area contributed by atoms with Crippen LogP contribution in [0.15, 0.2) is 48.5 Å². The van der Waals surface area contributed by atoms with E-state index in [4.69, 9.17) is 10.8 Å². The smallest absolute Gasteiger partial charge is 0.253 e. The molecule has 0 aliphatic rings. The predicted molar refractivity (Wildman–Crippen MR) is 74.4 cm³/mol. The summed E-state index contributed by atoms with van der Waals surface area (Å²) in [6.07, 6.45) is 0. The van der Waals surface area contributed by atoms with Crippen molar-refractivity contribution in [3.05, 3.63) is 65.2 Å². The summed E-state index contributed by atoms with van der Waals surface area (Å²) in [4.78, 5) is 11.9. The molecule has 4 heteroatoms. The SMILES string of the molecule is Nc1ccccc1C(=O)NCc1ccc(CO)cc1. The van der Waals surface area contributed by atoms with Gasteiger partial charge in [0.15, 0.2) is 0 Å². The summed E-state index contributed by atoms with van der Waals surface area (Å²) in [6.45, 7) is 0.450. The van der Waals surface area contributed by atoms with Gasteiger partial charge >= 0.3 is 0 Å². The van der Waals surface area contributed by atoms with Crippen LogP contribution < -0.4 is 11.1 Å². The Kier molecular flexibility index (Phi) is 4.15. The van der Waals surface area contributed by atoms with Gasteiger partial charge in [0.1, 0.15) is 0 Å². The zero-order valence-corrected chi connectivity index (χ0v) is 10.5. The second kappa shape index (κ2) is 6.02. The van der Waals surface area contributed by atoms with Crippen LogP contribution in [0.3, 0.4) is 0 Å². The molecule has 0 aromatic heterocycles. The summed E-state index contributed by atoms with van der Waals surface area (Å²) in [5.74, 6) is -0.190. The maximum Gasteiger partial charge on any atom is 0.253 e. The van der Waals surface area contributed by atoms with Gasteiger partial charge in [0.25, 0.3) is 5.91 Å². The van der Waals surface area contributed by atoms with Crippen molar-refractivity contribution in [3.8, 4) is 0 Å². The minimum Gasteiger partial charge on any atom is -0.398 e. The van der Waals surface area contributed by atoms with Gasteiger partial charge in [-0.3, -0.25) is 4.79 Å². The lowest BCUT2D eigenvalue weighted by atomic mass is 10.1. The van der Waals surface area contributed by atoms with E-state index in [1.54, 1.807) is 24.3 Å². The number of carbonyl (C=O) groups is 1. The van der Waals surface area contributed by atoms with Crippen molar-refractivity contribution in [2.45, 2.75) is 13.2 Å². The number of benzene rings is 2. The summed E-state index contributed by atoms with van der Waals surface area (Å²) in [5.41, 5.74) is 8.51. The van der Waals surface area contributed by atoms with E-state index in [1.807, 2.05) is 24.3 Å². The number of aliphatic hydroxyl groups is 1. The van der Waals surface area contributed by atoms with Crippen LogP contribution in [0.25, 0.3) is 0 Å². The molecule has 0 atom stereocenters. The Bertz CT molecular complexity index is 565. The zero-order chi connectivity index (χ0) is 13.7. The Morgan fingerprint density at radius 1 is 1.05 bits per heavy atom. The molecule has 0 bridgehead atoms. The zero-order valence-electron chi connectivity index (χ0n) is 10.5. The van der Waals surface area contributed by atoms with E-state index >= 15 is 0 Å². The van der Waals surface area contributed by atoms with E-state index in [-0.39, 0.29) is 12.5 Å². The molecular formula is C15H16N2O2. The lowest BCUT2D eigenvalue weighted by Crippen LogP contribution is -2.23. The molecule has 2 aromatic rings. The first kappa shape index (κ1) is 13.1. The molecule has 0 unspecified atom stereocenters. The number of nitrogen functional groups attached to an aromatic ring is 1. The van der Waals surface area contributed by atoms with Crippen molar-refractivity contribution >= 4 is 11.6 Å². The number of aliphatic hydroxyl groups excluding tert-OH is 1. The summed E-state index contributed by atoms with van der Waals surface area (Å²) >= 11 is 0. The number of para-hydroxylation sites is 1. The van der Waals surface area contributed by atoms with Crippen molar-refractivity contribution in [3.63, 3.8) is 0 Å². The van der Waals surface area contributed by atoms with Gasteiger partial charge in [-0.15, -0.1) is 0 Å². The monoisotopic (exact) mass is 256 g/mol. The van der Waals surface area contributed by atoms with Crippen LogP contribution in [0.5, 0.6) is 0 Å². The van der Waals surface area contributed by atoms with Gasteiger partial charge in [-0.1, -0.05) is 36.4 Å². The van der Waals surface area contributed by atoms with Crippen LogP contribution in [0.2, 0.25) is 0 Å². The first-order valence-corrected chi connectivity index (χ1v) is 6.02. The molecule has 4 nitrogen and oxygen atoms in total. The Labute approximate surface area is 111 Å². The quantitative estimate of drug-likeness (QED) is 0.729. The number of rotatable bonds is 4. The molecule has 0 aliphatic carbocycles. The highest BCUT2D eigenvalue weighted by atomic mass is 16.3. The van der Waals surface area contributed by atoms with E-state index in [2.05, 4.69) is 5.32 Å². The first-order chi connectivity index (χ1) is 9.20. The van der Waals surface area contributed by atoms with E-state index < -0.39 is 0 Å². The van der Waals surface area contributed by atoms with Crippen LogP contribution in [-0.2, 0) is 13.2 Å². The molecule has 2 rings (SSSR count). The molecule has 98 valence electrons. The van der Waals surface area contributed by atoms with Crippen molar-refractivity contribution in [2.75, 3.05) is 5.73 Å². The molecule has 19 heavy (non-hydrogen) atoms. The van der Waals surface area contributed by atoms with Crippen molar-refractivity contribution in [1.82, 2.24) is 5.32 Å². The lowest BCUT2D eigenvalue weighted by Gasteiger charge is -2.07. The van der Waals surface area contributed by atoms with Gasteiger partial charge in [0.2, 0.25) is 0 Å². The average Bonchev–Trinajstić information content (AvgIpc) is 2.46. The summed E-state index contributed by atoms with van der Waals surface area (Å²) in [7, 11) is 0. The Morgan fingerprint density at radius 3 is 2.32 bits per heavy atom. The lowest BCUT2D eigenvalue weighted by molar-refractivity contribution is 0.0952. The standard InChI is InChI=1S/C15H16N2O2/c16-14-4-2-1-3-13(14)15(19)17-9-11-5-7-12(10-18)8-6-11/h1-8,18H,9-10,16H2,(H,17,19). The van der Waals surface area contributed by atoms with Gasteiger partial charge in [-0.2, -0.15) is 0 Å². The highest BCUT2D eigenvalue weighted by Gasteiger charge is 2.07. The Balaban J connectivity index is 1.98. The predicted octanol–water partition coefficient (Wildman–Crippen LogP) is 1.69. The third-order valence-corrected chi connectivity index (χ3v) is 2.86. The molecule has 0 heterocycles. The molecule has 0 aliphatic heterocycles. The minimum atomic E-state index is -0.190. The minimum absolute atomic E-state index is 0.0210.